The number of rotatable bonds is 3. The molecule has 4 heteroatoms. The Bertz CT molecular complexity index is 366. The van der Waals surface area contributed by atoms with E-state index in [4.69, 9.17) is 14.5 Å². The Balaban J connectivity index is 2.75. The summed E-state index contributed by atoms with van der Waals surface area (Å²) >= 11 is 0. The molecule has 0 unspecified atom stereocenters. The van der Waals surface area contributed by atoms with Gasteiger partial charge in [0.05, 0.1) is 0 Å². The first kappa shape index (κ1) is 12.5. The summed E-state index contributed by atoms with van der Waals surface area (Å²) in [6.45, 7) is 6.92. The molecule has 0 aliphatic carbocycles. The van der Waals surface area contributed by atoms with Gasteiger partial charge in [0.25, 0.3) is 0 Å². The summed E-state index contributed by atoms with van der Waals surface area (Å²) in [5.74, 6) is 0.332. The van der Waals surface area contributed by atoms with Gasteiger partial charge in [0.1, 0.15) is 5.60 Å². The second-order valence-corrected chi connectivity index (χ2v) is 4.32. The Morgan fingerprint density at radius 3 is 2.19 bits per heavy atom. The fourth-order valence-corrected chi connectivity index (χ4v) is 0.928. The minimum absolute atomic E-state index is 0.347. The van der Waals surface area contributed by atoms with Gasteiger partial charge in [-0.05, 0) is 32.9 Å². The number of carbonyl (C=O) groups is 1. The van der Waals surface area contributed by atoms with E-state index >= 15 is 0 Å². The maximum Gasteiger partial charge on any atom is 0.308 e. The van der Waals surface area contributed by atoms with Crippen molar-refractivity contribution < 1.29 is 19.3 Å². The van der Waals surface area contributed by atoms with Crippen LogP contribution in [0.1, 0.15) is 27.7 Å². The van der Waals surface area contributed by atoms with E-state index in [9.17, 15) is 4.79 Å². The molecule has 0 amide bonds. The molecule has 1 rings (SSSR count). The average Bonchev–Trinajstić information content (AvgIpc) is 2.14. The van der Waals surface area contributed by atoms with E-state index in [1.54, 1.807) is 24.3 Å². The lowest BCUT2D eigenvalue weighted by atomic mass is 10.2. The van der Waals surface area contributed by atoms with Crippen molar-refractivity contribution in [1.82, 2.24) is 0 Å². The van der Waals surface area contributed by atoms with Gasteiger partial charge >= 0.3 is 5.97 Å². The monoisotopic (exact) mass is 224 g/mol. The van der Waals surface area contributed by atoms with Crippen LogP contribution in [0.25, 0.3) is 0 Å². The first-order chi connectivity index (χ1) is 7.38. The Hall–Kier alpha value is -1.55. The molecule has 0 aliphatic rings. The number of ether oxygens (including phenoxy) is 1. The van der Waals surface area contributed by atoms with Crippen molar-refractivity contribution in [2.75, 3.05) is 0 Å². The van der Waals surface area contributed by atoms with Crippen molar-refractivity contribution in [3.05, 3.63) is 24.3 Å². The van der Waals surface area contributed by atoms with Crippen LogP contribution >= 0.6 is 0 Å². The van der Waals surface area contributed by atoms with Gasteiger partial charge in [-0.3, -0.25) is 4.79 Å². The number of hydrogen-bond acceptors (Lipinski definition) is 4. The third-order valence-corrected chi connectivity index (χ3v) is 1.48. The summed E-state index contributed by atoms with van der Waals surface area (Å²) in [4.78, 5) is 21.1. The van der Waals surface area contributed by atoms with Crippen molar-refractivity contribution in [3.63, 3.8) is 0 Å². The molecule has 0 aromatic heterocycles. The molecule has 88 valence electrons. The SMILES string of the molecule is CC(=O)Oc1ccccc1OOC(C)(C)C. The lowest BCUT2D eigenvalue weighted by molar-refractivity contribution is -0.275. The van der Waals surface area contributed by atoms with Gasteiger partial charge < -0.3 is 9.62 Å². The van der Waals surface area contributed by atoms with Gasteiger partial charge in [-0.2, -0.15) is 4.89 Å². The van der Waals surface area contributed by atoms with Gasteiger partial charge in [-0.25, -0.2) is 0 Å². The fraction of sp³-hybridized carbons (Fsp3) is 0.417. The third kappa shape index (κ3) is 4.31. The third-order valence-electron chi connectivity index (χ3n) is 1.48. The molecule has 0 heterocycles. The van der Waals surface area contributed by atoms with Crippen LogP contribution in [-0.4, -0.2) is 11.6 Å². The highest BCUT2D eigenvalue weighted by atomic mass is 17.2. The summed E-state index contributed by atoms with van der Waals surface area (Å²) in [6.07, 6.45) is 0. The summed E-state index contributed by atoms with van der Waals surface area (Å²) in [5, 5.41) is 0. The summed E-state index contributed by atoms with van der Waals surface area (Å²) in [6, 6.07) is 6.84. The molecule has 0 saturated carbocycles. The average molecular weight is 224 g/mol. The van der Waals surface area contributed by atoms with Crippen molar-refractivity contribution in [1.29, 1.82) is 0 Å². The topological polar surface area (TPSA) is 44.8 Å². The minimum Gasteiger partial charge on any atom is -0.423 e. The molecule has 1 aromatic carbocycles. The fourth-order valence-electron chi connectivity index (χ4n) is 0.928. The van der Waals surface area contributed by atoms with Gasteiger partial charge in [0, 0.05) is 6.92 Å². The zero-order chi connectivity index (χ0) is 12.2. The second kappa shape index (κ2) is 4.99. The lowest BCUT2D eigenvalue weighted by Gasteiger charge is -2.18. The quantitative estimate of drug-likeness (QED) is 0.343. The number of para-hydroxylation sites is 2. The Morgan fingerprint density at radius 1 is 1.12 bits per heavy atom. The van der Waals surface area contributed by atoms with Gasteiger partial charge in [-0.15, -0.1) is 0 Å². The predicted molar refractivity (Wildman–Crippen MR) is 59.2 cm³/mol. The first-order valence-corrected chi connectivity index (χ1v) is 5.01. The van der Waals surface area contributed by atoms with Gasteiger partial charge in [-0.1, -0.05) is 12.1 Å². The summed E-state index contributed by atoms with van der Waals surface area (Å²) in [5.41, 5.74) is -0.427. The zero-order valence-corrected chi connectivity index (χ0v) is 9.94. The lowest BCUT2D eigenvalue weighted by Crippen LogP contribution is -2.21. The highest BCUT2D eigenvalue weighted by Gasteiger charge is 2.15. The second-order valence-electron chi connectivity index (χ2n) is 4.32. The number of benzene rings is 1. The van der Waals surface area contributed by atoms with Crippen LogP contribution in [0.4, 0.5) is 0 Å². The van der Waals surface area contributed by atoms with Crippen molar-refractivity contribution in [2.45, 2.75) is 33.3 Å². The summed E-state index contributed by atoms with van der Waals surface area (Å²) < 4.78 is 4.97. The van der Waals surface area contributed by atoms with E-state index in [-0.39, 0.29) is 0 Å². The normalized spacial score (nSPS) is 11.0. The largest absolute Gasteiger partial charge is 0.423 e. The molecule has 0 N–H and O–H groups in total. The van der Waals surface area contributed by atoms with Crippen LogP contribution in [-0.2, 0) is 9.68 Å². The maximum absolute atomic E-state index is 10.8. The van der Waals surface area contributed by atoms with Crippen LogP contribution in [0.5, 0.6) is 11.5 Å². The van der Waals surface area contributed by atoms with E-state index in [0.29, 0.717) is 11.5 Å². The molecule has 0 spiro atoms. The number of carbonyl (C=O) groups excluding carboxylic acids is 1. The number of hydrogen-bond donors (Lipinski definition) is 0. The molecule has 16 heavy (non-hydrogen) atoms. The van der Waals surface area contributed by atoms with E-state index in [2.05, 4.69) is 0 Å². The number of esters is 1. The van der Waals surface area contributed by atoms with Gasteiger partial charge in [0.2, 0.25) is 5.75 Å². The van der Waals surface area contributed by atoms with Crippen LogP contribution in [0.15, 0.2) is 24.3 Å². The van der Waals surface area contributed by atoms with Crippen LogP contribution in [0.3, 0.4) is 0 Å². The molecule has 1 aromatic rings. The molecular weight excluding hydrogens is 208 g/mol. The van der Waals surface area contributed by atoms with Crippen molar-refractivity contribution >= 4 is 5.97 Å². The standard InChI is InChI=1S/C12H16O4/c1-9(13)14-10-7-5-6-8-11(10)15-16-12(2,3)4/h5-8H,1-4H3. The molecule has 0 aliphatic heterocycles. The van der Waals surface area contributed by atoms with Crippen LogP contribution in [0.2, 0.25) is 0 Å². The van der Waals surface area contributed by atoms with Gasteiger partial charge in [0.15, 0.2) is 5.75 Å². The van der Waals surface area contributed by atoms with Crippen LogP contribution < -0.4 is 9.62 Å². The smallest absolute Gasteiger partial charge is 0.308 e. The predicted octanol–water partition coefficient (Wildman–Crippen LogP) is 2.72. The Kier molecular flexibility index (Phi) is 3.90. The molecule has 4 nitrogen and oxygen atoms in total. The highest BCUT2D eigenvalue weighted by Crippen LogP contribution is 2.27. The molecular formula is C12H16O4. The van der Waals surface area contributed by atoms with Crippen LogP contribution in [0, 0.1) is 0 Å². The molecule has 0 bridgehead atoms. The van der Waals surface area contributed by atoms with Crippen molar-refractivity contribution in [2.24, 2.45) is 0 Å². The summed E-state index contributed by atoms with van der Waals surface area (Å²) in [7, 11) is 0. The molecule has 0 saturated heterocycles. The molecule has 0 fully saturated rings. The molecule has 0 radical (unpaired) electrons. The van der Waals surface area contributed by atoms with E-state index in [0.717, 1.165) is 0 Å². The molecule has 0 atom stereocenters. The van der Waals surface area contributed by atoms with E-state index < -0.39 is 11.6 Å². The van der Waals surface area contributed by atoms with E-state index in [1.165, 1.54) is 6.92 Å². The first-order valence-electron chi connectivity index (χ1n) is 5.01. The maximum atomic E-state index is 10.8. The Labute approximate surface area is 95.1 Å². The van der Waals surface area contributed by atoms with Crippen molar-refractivity contribution in [3.8, 4) is 11.5 Å². The Morgan fingerprint density at radius 2 is 1.69 bits per heavy atom. The highest BCUT2D eigenvalue weighted by molar-refractivity contribution is 5.70. The zero-order valence-electron chi connectivity index (χ0n) is 9.94. The van der Waals surface area contributed by atoms with E-state index in [1.807, 2.05) is 20.8 Å². The minimum atomic E-state index is -0.427.